The lowest BCUT2D eigenvalue weighted by molar-refractivity contribution is -0.132. The normalized spacial score (nSPS) is 25.0. The molecule has 1 aromatic carbocycles. The van der Waals surface area contributed by atoms with Gasteiger partial charge in [0, 0.05) is 31.0 Å². The summed E-state index contributed by atoms with van der Waals surface area (Å²) in [5, 5.41) is 30.9. The van der Waals surface area contributed by atoms with Gasteiger partial charge in [0.25, 0.3) is 11.8 Å². The summed E-state index contributed by atoms with van der Waals surface area (Å²) in [6.07, 6.45) is 1.94. The van der Waals surface area contributed by atoms with Gasteiger partial charge in [-0.15, -0.1) is 0 Å². The Hall–Kier alpha value is -3.05. The maximum atomic E-state index is 13.8. The molecule has 0 aromatic heterocycles. The largest absolute Gasteiger partial charge is 0.635 e. The zero-order valence-corrected chi connectivity index (χ0v) is 22.7. The van der Waals surface area contributed by atoms with E-state index >= 15 is 0 Å². The van der Waals surface area contributed by atoms with E-state index in [-0.39, 0.29) is 37.6 Å². The van der Waals surface area contributed by atoms with Gasteiger partial charge in [-0.05, 0) is 51.2 Å². The Labute approximate surface area is 232 Å². The topological polar surface area (TPSA) is 135 Å². The van der Waals surface area contributed by atoms with Crippen LogP contribution in [0.1, 0.15) is 51.5 Å². The maximum absolute atomic E-state index is 13.8. The predicted octanol–water partition coefficient (Wildman–Crippen LogP) is 2.36. The summed E-state index contributed by atoms with van der Waals surface area (Å²) >= 11 is 0. The number of hydrogen-bond donors (Lipinski definition) is 3. The van der Waals surface area contributed by atoms with Crippen LogP contribution in [0.5, 0.6) is 0 Å². The highest BCUT2D eigenvalue weighted by molar-refractivity contribution is 6.32. The number of amides is 2. The SMILES string of the molecule is CC(C)(C=C(C#N)C(=O)N1C2CCC1(COC(=O)N[C@@H](Cc1ccccc1)OB(O)O)CC2)N1CCC(F)(F)C1. The number of fused-ring (bicyclic) bond motifs is 2. The molecule has 3 aliphatic rings. The lowest BCUT2D eigenvalue weighted by Crippen LogP contribution is -2.51. The highest BCUT2D eigenvalue weighted by Crippen LogP contribution is 2.47. The minimum absolute atomic E-state index is 0.117. The number of rotatable bonds is 10. The van der Waals surface area contributed by atoms with Crippen molar-refractivity contribution >= 4 is 19.3 Å². The summed E-state index contributed by atoms with van der Waals surface area (Å²) < 4.78 is 38.2. The molecule has 0 aliphatic carbocycles. The molecule has 0 saturated carbocycles. The first-order chi connectivity index (χ1) is 18.8. The number of hydrogen-bond acceptors (Lipinski definition) is 8. The molecule has 1 atom stereocenters. The molecule has 40 heavy (non-hydrogen) atoms. The predicted molar refractivity (Wildman–Crippen MR) is 140 cm³/mol. The third kappa shape index (κ3) is 6.81. The Kier molecular flexibility index (Phi) is 8.85. The molecule has 0 unspecified atom stereocenters. The van der Waals surface area contributed by atoms with Crippen molar-refractivity contribution in [2.75, 3.05) is 19.7 Å². The molecule has 1 aromatic rings. The van der Waals surface area contributed by atoms with Gasteiger partial charge in [0.15, 0.2) is 0 Å². The highest BCUT2D eigenvalue weighted by Gasteiger charge is 2.55. The van der Waals surface area contributed by atoms with Crippen LogP contribution in [0.25, 0.3) is 0 Å². The summed E-state index contributed by atoms with van der Waals surface area (Å²) in [5.41, 5.74) is -1.08. The molecule has 3 N–H and O–H groups in total. The second kappa shape index (κ2) is 11.8. The van der Waals surface area contributed by atoms with E-state index in [0.29, 0.717) is 25.7 Å². The van der Waals surface area contributed by atoms with Crippen molar-refractivity contribution < 1.29 is 37.8 Å². The number of carbonyl (C=O) groups is 2. The number of nitrogens with one attached hydrogen (secondary N) is 1. The van der Waals surface area contributed by atoms with E-state index in [1.54, 1.807) is 47.9 Å². The minimum Gasteiger partial charge on any atom is -0.447 e. The van der Waals surface area contributed by atoms with Crippen LogP contribution < -0.4 is 5.32 Å². The third-order valence-corrected chi connectivity index (χ3v) is 8.11. The van der Waals surface area contributed by atoms with Crippen LogP contribution in [0.2, 0.25) is 0 Å². The second-order valence-electron chi connectivity index (χ2n) is 11.3. The van der Waals surface area contributed by atoms with Gasteiger partial charge in [-0.1, -0.05) is 30.3 Å². The van der Waals surface area contributed by atoms with Crippen molar-refractivity contribution in [3.63, 3.8) is 0 Å². The molecule has 0 radical (unpaired) electrons. The van der Waals surface area contributed by atoms with Gasteiger partial charge < -0.3 is 24.3 Å². The van der Waals surface area contributed by atoms with Gasteiger partial charge in [0.1, 0.15) is 24.5 Å². The molecule has 10 nitrogen and oxygen atoms in total. The van der Waals surface area contributed by atoms with Crippen LogP contribution in [0.3, 0.4) is 0 Å². The monoisotopic (exact) mass is 560 g/mol. The van der Waals surface area contributed by atoms with Crippen LogP contribution >= 0.6 is 0 Å². The lowest BCUT2D eigenvalue weighted by Gasteiger charge is -2.36. The number of likely N-dealkylation sites (tertiary alicyclic amines) is 1. The fourth-order valence-corrected chi connectivity index (χ4v) is 6.05. The molecule has 3 heterocycles. The summed E-state index contributed by atoms with van der Waals surface area (Å²) in [6, 6.07) is 10.9. The number of carbonyl (C=O) groups excluding carboxylic acids is 2. The quantitative estimate of drug-likeness (QED) is 0.172. The van der Waals surface area contributed by atoms with Gasteiger partial charge in [-0.3, -0.25) is 15.0 Å². The van der Waals surface area contributed by atoms with Crippen molar-refractivity contribution in [3.8, 4) is 6.07 Å². The van der Waals surface area contributed by atoms with Crippen molar-refractivity contribution in [1.82, 2.24) is 15.1 Å². The van der Waals surface area contributed by atoms with E-state index in [1.165, 1.54) is 6.08 Å². The Morgan fingerprint density at radius 3 is 2.50 bits per heavy atom. The van der Waals surface area contributed by atoms with Crippen LogP contribution in [0, 0.1) is 11.3 Å². The number of nitriles is 1. The Morgan fingerprint density at radius 2 is 1.93 bits per heavy atom. The first-order valence-electron chi connectivity index (χ1n) is 13.4. The number of alkyl halides is 2. The average molecular weight is 560 g/mol. The van der Waals surface area contributed by atoms with Gasteiger partial charge in [0.2, 0.25) is 0 Å². The van der Waals surface area contributed by atoms with Crippen LogP contribution in [-0.2, 0) is 20.6 Å². The zero-order valence-electron chi connectivity index (χ0n) is 22.7. The molecule has 2 bridgehead atoms. The summed E-state index contributed by atoms with van der Waals surface area (Å²) in [5.74, 6) is -3.31. The van der Waals surface area contributed by atoms with Crippen molar-refractivity contribution in [3.05, 3.63) is 47.5 Å². The highest BCUT2D eigenvalue weighted by atomic mass is 19.3. The standard InChI is InChI=1S/C27H35BF2N4O6/c1-25(2,33-13-12-27(29,30)17-33)15-20(16-31)23(35)34-21-8-10-26(34,11-9-21)18-39-24(36)32-22(40-28(37)38)14-19-6-4-3-5-7-19/h3-7,15,21-22,37-38H,8-14,17-18H2,1-2H3,(H,32,36)/t21?,22-,26?/m1/s1. The molecule has 4 rings (SSSR count). The van der Waals surface area contributed by atoms with Crippen molar-refractivity contribution in [2.45, 2.75) is 81.6 Å². The van der Waals surface area contributed by atoms with E-state index in [1.807, 2.05) is 12.1 Å². The smallest absolute Gasteiger partial charge is 0.447 e. The molecule has 3 fully saturated rings. The molecule has 13 heteroatoms. The number of alkyl carbamates (subject to hydrolysis) is 1. The Bertz CT molecular complexity index is 1150. The van der Waals surface area contributed by atoms with Crippen molar-refractivity contribution in [1.29, 1.82) is 5.26 Å². The number of benzene rings is 1. The minimum atomic E-state index is -2.81. The van der Waals surface area contributed by atoms with E-state index in [0.717, 1.165) is 5.56 Å². The molecule has 3 saturated heterocycles. The van der Waals surface area contributed by atoms with Crippen molar-refractivity contribution in [2.24, 2.45) is 0 Å². The van der Waals surface area contributed by atoms with E-state index < -0.39 is 49.1 Å². The fourth-order valence-electron chi connectivity index (χ4n) is 6.05. The lowest BCUT2D eigenvalue weighted by atomic mass is 9.88. The van der Waals surface area contributed by atoms with E-state index in [2.05, 4.69) is 5.32 Å². The molecule has 3 aliphatic heterocycles. The summed E-state index contributed by atoms with van der Waals surface area (Å²) in [4.78, 5) is 29.5. The molecule has 216 valence electrons. The first kappa shape index (κ1) is 29.9. The number of nitrogens with zero attached hydrogens (tertiary/aromatic N) is 3. The molecular weight excluding hydrogens is 525 g/mol. The van der Waals surface area contributed by atoms with Crippen LogP contribution in [0.4, 0.5) is 13.6 Å². The van der Waals surface area contributed by atoms with Gasteiger partial charge in [-0.25, -0.2) is 13.6 Å². The van der Waals surface area contributed by atoms with E-state index in [9.17, 15) is 33.7 Å². The van der Waals surface area contributed by atoms with Crippen LogP contribution in [0.15, 0.2) is 42.0 Å². The molecule has 0 spiro atoms. The average Bonchev–Trinajstić information content (AvgIpc) is 3.57. The number of halogens is 2. The maximum Gasteiger partial charge on any atom is 0.635 e. The Morgan fingerprint density at radius 1 is 1.25 bits per heavy atom. The number of ether oxygens (including phenoxy) is 1. The molecule has 2 amide bonds. The molecular formula is C27H35BF2N4O6. The third-order valence-electron chi connectivity index (χ3n) is 8.11. The zero-order chi connectivity index (χ0) is 29.1. The van der Waals surface area contributed by atoms with E-state index in [4.69, 9.17) is 9.39 Å². The fraction of sp³-hybridized carbons (Fsp3) is 0.593. The second-order valence-corrected chi connectivity index (χ2v) is 11.3. The Balaban J connectivity index is 1.43. The van der Waals surface area contributed by atoms with Gasteiger partial charge in [-0.2, -0.15) is 5.26 Å². The summed E-state index contributed by atoms with van der Waals surface area (Å²) in [7, 11) is -2.11. The first-order valence-corrected chi connectivity index (χ1v) is 13.4. The van der Waals surface area contributed by atoms with Gasteiger partial charge >= 0.3 is 13.4 Å². The summed E-state index contributed by atoms with van der Waals surface area (Å²) in [6.45, 7) is 3.01. The van der Waals surface area contributed by atoms with Gasteiger partial charge in [0.05, 0.1) is 12.1 Å². The van der Waals surface area contributed by atoms with Crippen LogP contribution in [-0.4, -0.2) is 88.1 Å².